The minimum Gasteiger partial charge on any atom is -0.469 e. The number of ether oxygens (including phenoxy) is 2. The van der Waals surface area contributed by atoms with Gasteiger partial charge in [0, 0.05) is 0 Å². The second-order valence-corrected chi connectivity index (χ2v) is 15.2. The molecule has 1 N–H and O–H groups in total. The van der Waals surface area contributed by atoms with Crippen LogP contribution in [0.4, 0.5) is 0 Å². The molecule has 0 heterocycles. The minimum absolute atomic E-state index is 0.00555. The second-order valence-electron chi connectivity index (χ2n) is 15.2. The van der Waals surface area contributed by atoms with Crippen molar-refractivity contribution in [2.24, 2.45) is 50.2 Å². The Balaban J connectivity index is 1.60. The molecule has 0 aliphatic heterocycles. The molecular weight excluding hydrogens is 464 g/mol. The SMILES string of the molecule is COC(=O)[C@]12CCC(C)(C)C[C@H]1C1=CC[C@@H]3[C@@]4(C)CC[C@@H](O)[C@@](C)(C(=O)OC)[C@@H]4CC[C@@]3(C)[C@]1(C)CC2. The normalized spacial score (nSPS) is 50.4. The molecular formula is C32H50O5. The quantitative estimate of drug-likeness (QED) is 0.337. The van der Waals surface area contributed by atoms with Crippen molar-refractivity contribution in [3.8, 4) is 0 Å². The van der Waals surface area contributed by atoms with E-state index in [4.69, 9.17) is 9.47 Å². The molecule has 5 aliphatic carbocycles. The van der Waals surface area contributed by atoms with E-state index in [9.17, 15) is 14.7 Å². The zero-order chi connectivity index (χ0) is 27.2. The Bertz CT molecular complexity index is 1010. The number of methoxy groups -OCH3 is 2. The van der Waals surface area contributed by atoms with Gasteiger partial charge in [-0.25, -0.2) is 0 Å². The fraction of sp³-hybridized carbons (Fsp3) is 0.875. The van der Waals surface area contributed by atoms with Crippen molar-refractivity contribution in [3.63, 3.8) is 0 Å². The Labute approximate surface area is 224 Å². The lowest BCUT2D eigenvalue weighted by Gasteiger charge is -2.71. The average Bonchev–Trinajstić information content (AvgIpc) is 2.85. The van der Waals surface area contributed by atoms with E-state index in [-0.39, 0.29) is 45.4 Å². The van der Waals surface area contributed by atoms with Gasteiger partial charge in [0.05, 0.1) is 31.2 Å². The highest BCUT2D eigenvalue weighted by atomic mass is 16.5. The van der Waals surface area contributed by atoms with Crippen molar-refractivity contribution in [1.29, 1.82) is 0 Å². The van der Waals surface area contributed by atoms with Gasteiger partial charge in [0.1, 0.15) is 0 Å². The average molecular weight is 515 g/mol. The Morgan fingerprint density at radius 1 is 0.838 bits per heavy atom. The first kappa shape index (κ1) is 27.2. The maximum Gasteiger partial charge on any atom is 0.314 e. The van der Waals surface area contributed by atoms with Crippen LogP contribution in [-0.4, -0.2) is 37.4 Å². The first-order valence-corrected chi connectivity index (χ1v) is 14.7. The van der Waals surface area contributed by atoms with Gasteiger partial charge in [0.25, 0.3) is 0 Å². The number of aliphatic hydroxyl groups is 1. The molecule has 0 radical (unpaired) electrons. The number of carbonyl (C=O) groups excluding carboxylic acids is 2. The van der Waals surface area contributed by atoms with Gasteiger partial charge < -0.3 is 14.6 Å². The Hall–Kier alpha value is -1.36. The van der Waals surface area contributed by atoms with E-state index in [0.29, 0.717) is 12.3 Å². The van der Waals surface area contributed by atoms with Crippen molar-refractivity contribution in [2.45, 2.75) is 112 Å². The summed E-state index contributed by atoms with van der Waals surface area (Å²) in [6, 6.07) is 0. The second kappa shape index (κ2) is 8.32. The summed E-state index contributed by atoms with van der Waals surface area (Å²) in [4.78, 5) is 26.5. The van der Waals surface area contributed by atoms with Crippen LogP contribution in [0.2, 0.25) is 0 Å². The topological polar surface area (TPSA) is 72.8 Å². The van der Waals surface area contributed by atoms with E-state index in [0.717, 1.165) is 57.8 Å². The molecule has 0 saturated heterocycles. The first-order chi connectivity index (χ1) is 17.2. The summed E-state index contributed by atoms with van der Waals surface area (Å²) in [6.07, 6.45) is 11.3. The molecule has 0 bridgehead atoms. The predicted molar refractivity (Wildman–Crippen MR) is 143 cm³/mol. The van der Waals surface area contributed by atoms with Gasteiger partial charge in [-0.05, 0) is 111 Å². The third-order valence-electron chi connectivity index (χ3n) is 13.5. The van der Waals surface area contributed by atoms with Crippen LogP contribution in [0, 0.1) is 50.2 Å². The van der Waals surface area contributed by atoms with E-state index in [1.54, 1.807) is 7.11 Å². The fourth-order valence-corrected chi connectivity index (χ4v) is 11.0. The van der Waals surface area contributed by atoms with Crippen molar-refractivity contribution < 1.29 is 24.2 Å². The van der Waals surface area contributed by atoms with Crippen LogP contribution in [0.5, 0.6) is 0 Å². The summed E-state index contributed by atoms with van der Waals surface area (Å²) < 4.78 is 10.8. The van der Waals surface area contributed by atoms with E-state index >= 15 is 0 Å². The number of rotatable bonds is 2. The number of fused-ring (bicyclic) bond motifs is 7. The third-order valence-corrected chi connectivity index (χ3v) is 13.5. The number of hydrogen-bond acceptors (Lipinski definition) is 5. The van der Waals surface area contributed by atoms with Crippen LogP contribution in [0.3, 0.4) is 0 Å². The Kier molecular flexibility index (Phi) is 6.12. The maximum absolute atomic E-state index is 13.4. The largest absolute Gasteiger partial charge is 0.469 e. The summed E-state index contributed by atoms with van der Waals surface area (Å²) in [6.45, 7) is 14.1. The highest BCUT2D eigenvalue weighted by Crippen LogP contribution is 2.75. The van der Waals surface area contributed by atoms with E-state index < -0.39 is 16.9 Å². The van der Waals surface area contributed by atoms with Crippen molar-refractivity contribution >= 4 is 11.9 Å². The minimum atomic E-state index is -0.867. The predicted octanol–water partition coefficient (Wildman–Crippen LogP) is 6.48. The van der Waals surface area contributed by atoms with Crippen molar-refractivity contribution in [2.75, 3.05) is 14.2 Å². The highest BCUT2D eigenvalue weighted by Gasteiger charge is 2.70. The molecule has 5 rings (SSSR count). The molecule has 9 atom stereocenters. The number of carbonyl (C=O) groups is 2. The van der Waals surface area contributed by atoms with Crippen LogP contribution >= 0.6 is 0 Å². The van der Waals surface area contributed by atoms with E-state index in [1.165, 1.54) is 12.7 Å². The van der Waals surface area contributed by atoms with Gasteiger partial charge in [0.2, 0.25) is 0 Å². The summed E-state index contributed by atoms with van der Waals surface area (Å²) in [5, 5.41) is 11.1. The van der Waals surface area contributed by atoms with Gasteiger partial charge in [-0.15, -0.1) is 0 Å². The van der Waals surface area contributed by atoms with E-state index in [2.05, 4.69) is 40.7 Å². The van der Waals surface area contributed by atoms with Gasteiger partial charge >= 0.3 is 11.9 Å². The monoisotopic (exact) mass is 514 g/mol. The molecule has 37 heavy (non-hydrogen) atoms. The van der Waals surface area contributed by atoms with Crippen LogP contribution < -0.4 is 0 Å². The molecule has 0 spiro atoms. The lowest BCUT2D eigenvalue weighted by atomic mass is 9.33. The molecule has 0 amide bonds. The standard InChI is InChI=1S/C32H50O5/c1-27(2)15-17-32(26(35)37-8)18-16-29(4)20(21(32)19-27)9-10-22-28(3)13-12-24(33)31(6,25(34)36-7)23(28)11-14-30(22,29)5/h9,21-24,33H,10-19H2,1-8H3/t21-,22+,23+,24+,28+,29+,30+,31-,32-/m0/s1. The zero-order valence-electron chi connectivity index (χ0n) is 24.5. The molecule has 5 nitrogen and oxygen atoms in total. The molecule has 4 saturated carbocycles. The number of aliphatic hydroxyl groups excluding tert-OH is 1. The lowest BCUT2D eigenvalue weighted by molar-refractivity contribution is -0.219. The molecule has 208 valence electrons. The molecule has 0 unspecified atom stereocenters. The molecule has 0 aromatic heterocycles. The molecule has 0 aromatic rings. The van der Waals surface area contributed by atoms with E-state index in [1.807, 2.05) is 6.92 Å². The van der Waals surface area contributed by atoms with Gasteiger partial charge in [-0.3, -0.25) is 9.59 Å². The zero-order valence-corrected chi connectivity index (χ0v) is 24.5. The molecule has 5 heteroatoms. The fourth-order valence-electron chi connectivity index (χ4n) is 11.0. The van der Waals surface area contributed by atoms with Crippen molar-refractivity contribution in [1.82, 2.24) is 0 Å². The summed E-state index contributed by atoms with van der Waals surface area (Å²) in [5.74, 6) is 0.487. The summed E-state index contributed by atoms with van der Waals surface area (Å²) in [7, 11) is 3.02. The smallest absolute Gasteiger partial charge is 0.314 e. The Morgan fingerprint density at radius 3 is 2.14 bits per heavy atom. The summed E-state index contributed by atoms with van der Waals surface area (Å²) >= 11 is 0. The van der Waals surface area contributed by atoms with Crippen LogP contribution in [0.25, 0.3) is 0 Å². The number of esters is 2. The van der Waals surface area contributed by atoms with Crippen LogP contribution in [0.1, 0.15) is 106 Å². The maximum atomic E-state index is 13.4. The van der Waals surface area contributed by atoms with Crippen molar-refractivity contribution in [3.05, 3.63) is 11.6 Å². The molecule has 0 aromatic carbocycles. The Morgan fingerprint density at radius 2 is 1.49 bits per heavy atom. The summed E-state index contributed by atoms with van der Waals surface area (Å²) in [5.41, 5.74) is 0.506. The molecule has 4 fully saturated rings. The van der Waals surface area contributed by atoms with Crippen LogP contribution in [-0.2, 0) is 19.1 Å². The highest BCUT2D eigenvalue weighted by molar-refractivity contribution is 5.79. The first-order valence-electron chi connectivity index (χ1n) is 14.7. The lowest BCUT2D eigenvalue weighted by Crippen LogP contribution is -2.66. The third kappa shape index (κ3) is 3.31. The van der Waals surface area contributed by atoms with Gasteiger partial charge in [0.15, 0.2) is 0 Å². The molecule has 5 aliphatic rings. The number of hydrogen-bond donors (Lipinski definition) is 1. The van der Waals surface area contributed by atoms with Gasteiger partial charge in [-0.2, -0.15) is 0 Å². The van der Waals surface area contributed by atoms with Gasteiger partial charge in [-0.1, -0.05) is 46.3 Å². The number of allylic oxidation sites excluding steroid dienone is 2. The van der Waals surface area contributed by atoms with Crippen LogP contribution in [0.15, 0.2) is 11.6 Å².